The van der Waals surface area contributed by atoms with Crippen LogP contribution in [0.15, 0.2) is 42.7 Å². The lowest BCUT2D eigenvalue weighted by Crippen LogP contribution is -2.17. The summed E-state index contributed by atoms with van der Waals surface area (Å²) < 4.78 is 4.66. The number of carbonyl (C=O) groups is 2. The van der Waals surface area contributed by atoms with Crippen LogP contribution in [0.1, 0.15) is 20.7 Å². The highest BCUT2D eigenvalue weighted by molar-refractivity contribution is 6.10. The number of hydrogen-bond acceptors (Lipinski definition) is 5. The number of rotatable bonds is 3. The summed E-state index contributed by atoms with van der Waals surface area (Å²) in [6.07, 6.45) is 2.86. The van der Waals surface area contributed by atoms with Crippen molar-refractivity contribution in [2.75, 3.05) is 18.2 Å². The number of nitrogens with one attached hydrogen (secondary N) is 1. The van der Waals surface area contributed by atoms with Gasteiger partial charge < -0.3 is 15.8 Å². The van der Waals surface area contributed by atoms with Crippen molar-refractivity contribution >= 4 is 23.3 Å². The fraction of sp³-hybridized carbons (Fsp3) is 0.0714. The Morgan fingerprint density at radius 3 is 2.65 bits per heavy atom. The molecule has 2 aromatic rings. The van der Waals surface area contributed by atoms with Crippen molar-refractivity contribution in [2.24, 2.45) is 0 Å². The second-order valence-corrected chi connectivity index (χ2v) is 3.95. The van der Waals surface area contributed by atoms with Crippen LogP contribution in [0.5, 0.6) is 0 Å². The summed E-state index contributed by atoms with van der Waals surface area (Å²) in [6.45, 7) is 0. The maximum Gasteiger partial charge on any atom is 0.339 e. The average Bonchev–Trinajstić information content (AvgIpc) is 2.47. The largest absolute Gasteiger partial charge is 0.465 e. The third-order valence-electron chi connectivity index (χ3n) is 2.68. The van der Waals surface area contributed by atoms with Crippen molar-refractivity contribution in [3.8, 4) is 0 Å². The molecule has 1 aromatic heterocycles. The first kappa shape index (κ1) is 13.5. The number of benzene rings is 1. The smallest absolute Gasteiger partial charge is 0.339 e. The highest BCUT2D eigenvalue weighted by atomic mass is 16.5. The number of methoxy groups -OCH3 is 1. The van der Waals surface area contributed by atoms with Gasteiger partial charge in [0.1, 0.15) is 0 Å². The Morgan fingerprint density at radius 2 is 1.95 bits per heavy atom. The van der Waals surface area contributed by atoms with E-state index in [2.05, 4.69) is 15.0 Å². The van der Waals surface area contributed by atoms with Crippen LogP contribution in [0.2, 0.25) is 0 Å². The van der Waals surface area contributed by atoms with Crippen LogP contribution >= 0.6 is 0 Å². The van der Waals surface area contributed by atoms with Crippen LogP contribution in [0.3, 0.4) is 0 Å². The van der Waals surface area contributed by atoms with E-state index in [0.717, 1.165) is 0 Å². The molecule has 1 heterocycles. The van der Waals surface area contributed by atoms with Gasteiger partial charge in [-0.2, -0.15) is 0 Å². The van der Waals surface area contributed by atoms with Gasteiger partial charge in [-0.25, -0.2) is 4.79 Å². The second-order valence-electron chi connectivity index (χ2n) is 3.95. The van der Waals surface area contributed by atoms with Crippen molar-refractivity contribution in [1.82, 2.24) is 4.98 Å². The minimum absolute atomic E-state index is 0.243. The fourth-order valence-electron chi connectivity index (χ4n) is 1.66. The molecule has 0 aliphatic heterocycles. The predicted octanol–water partition coefficient (Wildman–Crippen LogP) is 1.70. The van der Waals surface area contributed by atoms with Crippen LogP contribution in [-0.4, -0.2) is 24.0 Å². The molecule has 0 saturated carbocycles. The van der Waals surface area contributed by atoms with E-state index in [4.69, 9.17) is 5.73 Å². The molecule has 0 bridgehead atoms. The molecule has 1 amide bonds. The Hall–Kier alpha value is -2.89. The van der Waals surface area contributed by atoms with Gasteiger partial charge in [-0.15, -0.1) is 0 Å². The number of pyridine rings is 1. The van der Waals surface area contributed by atoms with E-state index in [1.54, 1.807) is 24.3 Å². The van der Waals surface area contributed by atoms with Crippen LogP contribution < -0.4 is 11.1 Å². The molecule has 0 aliphatic carbocycles. The Bertz CT molecular complexity index is 656. The molecule has 102 valence electrons. The Kier molecular flexibility index (Phi) is 3.95. The molecule has 6 heteroatoms. The van der Waals surface area contributed by atoms with Crippen molar-refractivity contribution in [3.63, 3.8) is 0 Å². The summed E-state index contributed by atoms with van der Waals surface area (Å²) in [5.41, 5.74) is 6.89. The molecule has 20 heavy (non-hydrogen) atoms. The number of esters is 1. The number of para-hydroxylation sites is 1. The van der Waals surface area contributed by atoms with E-state index in [0.29, 0.717) is 11.4 Å². The summed E-state index contributed by atoms with van der Waals surface area (Å²) in [6, 6.07) is 8.08. The van der Waals surface area contributed by atoms with E-state index in [9.17, 15) is 9.59 Å². The molecule has 6 nitrogen and oxygen atoms in total. The maximum absolute atomic E-state index is 12.1. The molecule has 0 spiro atoms. The molecular formula is C14H13N3O3. The fourth-order valence-corrected chi connectivity index (χ4v) is 1.66. The first-order chi connectivity index (χ1) is 9.63. The normalized spacial score (nSPS) is 9.85. The summed E-state index contributed by atoms with van der Waals surface area (Å²) in [7, 11) is 1.28. The van der Waals surface area contributed by atoms with Gasteiger partial charge in [0.25, 0.3) is 5.91 Å². The first-order valence-corrected chi connectivity index (χ1v) is 5.81. The Morgan fingerprint density at radius 1 is 1.20 bits per heavy atom. The third kappa shape index (κ3) is 2.74. The van der Waals surface area contributed by atoms with Gasteiger partial charge in [0.05, 0.1) is 23.9 Å². The lowest BCUT2D eigenvalue weighted by Gasteiger charge is -2.10. The molecule has 3 N–H and O–H groups in total. The molecular weight excluding hydrogens is 258 g/mol. The van der Waals surface area contributed by atoms with Gasteiger partial charge in [-0.1, -0.05) is 12.1 Å². The van der Waals surface area contributed by atoms with Gasteiger partial charge in [-0.3, -0.25) is 9.78 Å². The minimum atomic E-state index is -0.528. The first-order valence-electron chi connectivity index (χ1n) is 5.81. The topological polar surface area (TPSA) is 94.3 Å². The van der Waals surface area contributed by atoms with Crippen molar-refractivity contribution < 1.29 is 14.3 Å². The molecule has 0 atom stereocenters. The highest BCUT2D eigenvalue weighted by Gasteiger charge is 2.15. The lowest BCUT2D eigenvalue weighted by molar-refractivity contribution is 0.0602. The van der Waals surface area contributed by atoms with Crippen LogP contribution in [0, 0.1) is 0 Å². The van der Waals surface area contributed by atoms with Gasteiger partial charge in [0.2, 0.25) is 0 Å². The lowest BCUT2D eigenvalue weighted by atomic mass is 10.1. The van der Waals surface area contributed by atoms with Gasteiger partial charge >= 0.3 is 5.97 Å². The Labute approximate surface area is 115 Å². The molecule has 0 saturated heterocycles. The number of carbonyl (C=O) groups excluding carboxylic acids is 2. The number of nitrogens with zero attached hydrogens (tertiary/aromatic N) is 1. The van der Waals surface area contributed by atoms with Gasteiger partial charge in [-0.05, 0) is 18.2 Å². The number of ether oxygens (including phenoxy) is 1. The van der Waals surface area contributed by atoms with Crippen LogP contribution in [-0.2, 0) is 4.74 Å². The summed E-state index contributed by atoms with van der Waals surface area (Å²) >= 11 is 0. The number of nitrogen functional groups attached to an aromatic ring is 1. The molecule has 0 unspecified atom stereocenters. The molecule has 0 aliphatic rings. The molecule has 2 rings (SSSR count). The average molecular weight is 271 g/mol. The number of nitrogens with two attached hydrogens (primary N) is 1. The standard InChI is InChI=1S/C14H13N3O3/c1-20-14(19)9-4-2-3-5-12(9)17-13(18)10-8-16-7-6-11(10)15/h2-8H,1H3,(H2,15,16)(H,17,18). The van der Waals surface area contributed by atoms with Gasteiger partial charge in [0, 0.05) is 18.1 Å². The zero-order chi connectivity index (χ0) is 14.5. The summed E-state index contributed by atoms with van der Waals surface area (Å²) in [5, 5.41) is 2.62. The van der Waals surface area contributed by atoms with E-state index in [1.165, 1.54) is 25.6 Å². The number of amides is 1. The van der Waals surface area contributed by atoms with E-state index < -0.39 is 11.9 Å². The van der Waals surface area contributed by atoms with Crippen molar-refractivity contribution in [1.29, 1.82) is 0 Å². The van der Waals surface area contributed by atoms with Gasteiger partial charge in [0.15, 0.2) is 0 Å². The third-order valence-corrected chi connectivity index (χ3v) is 2.68. The zero-order valence-corrected chi connectivity index (χ0v) is 10.8. The second kappa shape index (κ2) is 5.83. The highest BCUT2D eigenvalue weighted by Crippen LogP contribution is 2.18. The maximum atomic E-state index is 12.1. The molecule has 0 radical (unpaired) electrons. The van der Waals surface area contributed by atoms with Crippen LogP contribution in [0.4, 0.5) is 11.4 Å². The van der Waals surface area contributed by atoms with E-state index >= 15 is 0 Å². The number of hydrogen-bond donors (Lipinski definition) is 2. The van der Waals surface area contributed by atoms with Crippen molar-refractivity contribution in [3.05, 3.63) is 53.9 Å². The van der Waals surface area contributed by atoms with E-state index in [-0.39, 0.29) is 11.1 Å². The van der Waals surface area contributed by atoms with Crippen molar-refractivity contribution in [2.45, 2.75) is 0 Å². The summed E-state index contributed by atoms with van der Waals surface area (Å²) in [4.78, 5) is 27.6. The minimum Gasteiger partial charge on any atom is -0.465 e. The van der Waals surface area contributed by atoms with E-state index in [1.807, 2.05) is 0 Å². The summed E-state index contributed by atoms with van der Waals surface area (Å²) in [5.74, 6) is -0.966. The molecule has 0 fully saturated rings. The SMILES string of the molecule is COC(=O)c1ccccc1NC(=O)c1cnccc1N. The number of anilines is 2. The number of aromatic nitrogens is 1. The zero-order valence-electron chi connectivity index (χ0n) is 10.8. The van der Waals surface area contributed by atoms with Crippen LogP contribution in [0.25, 0.3) is 0 Å². The molecule has 1 aromatic carbocycles. The quantitative estimate of drug-likeness (QED) is 0.828. The monoisotopic (exact) mass is 271 g/mol. The predicted molar refractivity (Wildman–Crippen MR) is 74.4 cm³/mol. The Balaban J connectivity index is 2.29.